The lowest BCUT2D eigenvalue weighted by molar-refractivity contribution is -0.141. The lowest BCUT2D eigenvalue weighted by Crippen LogP contribution is -2.62. The number of benzene rings is 2. The number of nitrogens with two attached hydrogens (primary N) is 3. The van der Waals surface area contributed by atoms with Crippen LogP contribution in [0.3, 0.4) is 0 Å². The topological polar surface area (TPSA) is 556 Å². The van der Waals surface area contributed by atoms with Crippen molar-refractivity contribution in [1.82, 2.24) is 104 Å². The van der Waals surface area contributed by atoms with Gasteiger partial charge in [-0.25, -0.2) is 15.0 Å². The van der Waals surface area contributed by atoms with Gasteiger partial charge in [0.2, 0.25) is 65.0 Å². The zero-order valence-corrected chi connectivity index (χ0v) is 60.7. The normalized spacial score (nSPS) is 24.8. The highest BCUT2D eigenvalue weighted by atomic mass is 33.1. The van der Waals surface area contributed by atoms with Crippen LogP contribution in [0.5, 0.6) is 0 Å². The van der Waals surface area contributed by atoms with E-state index in [-0.39, 0.29) is 103 Å². The van der Waals surface area contributed by atoms with Gasteiger partial charge >= 0.3 is 0 Å². The molecule has 9 rings (SSSR count). The van der Waals surface area contributed by atoms with E-state index in [2.05, 4.69) is 98.7 Å². The highest BCUT2D eigenvalue weighted by Gasteiger charge is 2.43. The second kappa shape index (κ2) is 40.0. The minimum Gasteiger partial charge on any atom is -0.370 e. The van der Waals surface area contributed by atoms with E-state index in [1.54, 1.807) is 60.8 Å². The van der Waals surface area contributed by atoms with Gasteiger partial charge in [0.05, 0.1) is 36.1 Å². The summed E-state index contributed by atoms with van der Waals surface area (Å²) in [5, 5.41) is 39.9. The van der Waals surface area contributed by atoms with E-state index >= 15 is 38.4 Å². The average Bonchev–Trinajstić information content (AvgIpc) is 1.74. The smallest absolute Gasteiger partial charge is 0.257 e. The molecular weight excluding hydrogens is 1420 g/mol. The predicted molar refractivity (Wildman–Crippen MR) is 396 cm³/mol. The molecular formula is C69H94N24O12S2. The van der Waals surface area contributed by atoms with Gasteiger partial charge in [-0.05, 0) is 101 Å². The minimum atomic E-state index is -1.71. The SMILES string of the molecule is C[C@@H]1NC(=O)[C@@H]2CSS[C@H](NC(=O)[C@H](CCCNC(=N)N)NC(=O)[C@H](CCCCN)NC(=O)[C@H](CCCCN)NC(=O)[C@H](Cc3c[nH]cn3)NC1=O)C(=O)N1CCC[C@H]1C(=O)N[C@@H](Cc1c[nH]cn1)C(=O)N[C@H](Cc1ccccc1)C(=O)N[C@@H](Cc1c[nH]cn1)C(=O)N[C@@H](Cc1c[nH]c3ccccc13)C(=O)N2. The number of guanidine groups is 1. The Balaban J connectivity index is 1.17. The van der Waals surface area contributed by atoms with Gasteiger partial charge in [0.25, 0.3) is 5.91 Å². The van der Waals surface area contributed by atoms with Crippen LogP contribution in [0.4, 0.5) is 0 Å². The Hall–Kier alpha value is -10.9. The third-order valence-electron chi connectivity index (χ3n) is 18.3. The summed E-state index contributed by atoms with van der Waals surface area (Å²) < 4.78 is 0. The van der Waals surface area contributed by atoms with Crippen molar-refractivity contribution in [2.75, 3.05) is 31.9 Å². The van der Waals surface area contributed by atoms with E-state index < -0.39 is 148 Å². The van der Waals surface area contributed by atoms with Gasteiger partial charge in [0.15, 0.2) is 11.3 Å². The minimum absolute atomic E-state index is 0.00151. The van der Waals surface area contributed by atoms with Crippen molar-refractivity contribution in [1.29, 1.82) is 5.41 Å². The molecule has 23 N–H and O–H groups in total. The van der Waals surface area contributed by atoms with Crippen LogP contribution in [-0.2, 0) is 89.6 Å². The van der Waals surface area contributed by atoms with E-state index in [1.165, 1.54) is 49.4 Å². The number of rotatable bonds is 22. The maximum absolute atomic E-state index is 15.7. The number of para-hydroxylation sites is 1. The molecule has 38 heteroatoms. The number of nitrogens with zero attached hydrogens (tertiary/aromatic N) is 4. The molecule has 36 nitrogen and oxygen atoms in total. The second-order valence-electron chi connectivity index (χ2n) is 26.3. The first kappa shape index (κ1) is 80.2. The third kappa shape index (κ3) is 23.6. The van der Waals surface area contributed by atoms with Crippen LogP contribution < -0.4 is 81.0 Å². The molecule has 0 aliphatic carbocycles. The van der Waals surface area contributed by atoms with Gasteiger partial charge in [0.1, 0.15) is 66.5 Å². The molecule has 0 saturated carbocycles. The van der Waals surface area contributed by atoms with E-state index in [1.807, 2.05) is 0 Å². The number of fused-ring (bicyclic) bond motifs is 6. The zero-order chi connectivity index (χ0) is 76.4. The van der Waals surface area contributed by atoms with Crippen molar-refractivity contribution in [3.8, 4) is 0 Å². The molecule has 574 valence electrons. The molecule has 0 spiro atoms. The Labute approximate surface area is 623 Å². The number of unbranched alkanes of at least 4 members (excludes halogenated alkanes) is 2. The Kier molecular flexibility index (Phi) is 30.0. The predicted octanol–water partition coefficient (Wildman–Crippen LogP) is -2.92. The van der Waals surface area contributed by atoms with Crippen LogP contribution in [0, 0.1) is 5.41 Å². The fourth-order valence-corrected chi connectivity index (χ4v) is 15.0. The summed E-state index contributed by atoms with van der Waals surface area (Å²) in [5.74, 6) is -11.5. The largest absolute Gasteiger partial charge is 0.370 e. The Morgan fingerprint density at radius 1 is 0.505 bits per heavy atom. The average molecular weight is 1520 g/mol. The van der Waals surface area contributed by atoms with E-state index in [9.17, 15) is 19.2 Å². The van der Waals surface area contributed by atoms with Crippen molar-refractivity contribution in [2.45, 2.75) is 175 Å². The molecule has 3 fully saturated rings. The molecule has 3 aliphatic heterocycles. The number of amides is 12. The number of aromatic nitrogens is 7. The standard InChI is InChI=1S/C69H94N24O12S2/c1-38-56(94)86-51(27-41-31-74-35-79-41)62(100)85-47(18-8-10-22-71)58(96)83-46(17-7-9-21-70)57(95)84-48(19-11-23-77-69(72)73)59(97)92-67-68(105)93-24-12-20-55(93)66(104)90-53(29-43-33-76-37-81-43)64(102)87-49(25-39-13-3-2-4-14-39)60(98)89-52(28-42-32-75-36-80-42)63(101)88-50(26-40-30-78-45-16-6-5-15-44(40)45)61(99)91-54(34-106-107-67)65(103)82-38/h2-6,13-16,30-33,35-38,46-55,67,78H,7-12,17-29,34,70-71H2,1H3,(H,74,79)(H,75,80)(H,76,81)(H,82,103)(H,83,96)(H,84,95)(H,85,100)(H,86,94)(H,87,102)(H,88,101)(H,89,98)(H,90,104)(H,91,99)(H,92,97)(H4,72,73,77)/t38-,46-,47-,48-,49+,50-,51-,52-,53-,54-,55-,67-/m0/s1. The van der Waals surface area contributed by atoms with Crippen LogP contribution in [0.1, 0.15) is 99.3 Å². The van der Waals surface area contributed by atoms with Gasteiger partial charge in [-0.15, -0.1) is 0 Å². The summed E-state index contributed by atoms with van der Waals surface area (Å²) in [6, 6.07) is -0.485. The van der Waals surface area contributed by atoms with Crippen molar-refractivity contribution >= 4 is 109 Å². The van der Waals surface area contributed by atoms with Crippen molar-refractivity contribution < 1.29 is 57.5 Å². The van der Waals surface area contributed by atoms with E-state index in [4.69, 9.17) is 22.6 Å². The summed E-state index contributed by atoms with van der Waals surface area (Å²) in [7, 11) is 1.50. The van der Waals surface area contributed by atoms with Gasteiger partial charge in [-0.1, -0.05) is 70.1 Å². The van der Waals surface area contributed by atoms with E-state index in [0.29, 0.717) is 75.6 Å². The van der Waals surface area contributed by atoms with E-state index in [0.717, 1.165) is 10.8 Å². The summed E-state index contributed by atoms with van der Waals surface area (Å²) in [6.45, 7) is 1.72. The molecule has 3 aliphatic rings. The van der Waals surface area contributed by atoms with Crippen LogP contribution in [0.25, 0.3) is 10.9 Å². The Bertz CT molecular complexity index is 4020. The highest BCUT2D eigenvalue weighted by molar-refractivity contribution is 8.77. The molecule has 7 heterocycles. The molecule has 12 atom stereocenters. The van der Waals surface area contributed by atoms with Gasteiger partial charge < -0.3 is 106 Å². The summed E-state index contributed by atoms with van der Waals surface area (Å²) in [6.07, 6.45) is 10.7. The molecule has 4 aromatic heterocycles. The lowest BCUT2D eigenvalue weighted by Gasteiger charge is -2.31. The number of nitrogens with one attached hydrogen (secondary N) is 17. The number of hydrogen-bond donors (Lipinski definition) is 20. The molecule has 0 radical (unpaired) electrons. The van der Waals surface area contributed by atoms with Gasteiger partial charge in [0, 0.05) is 86.6 Å². The number of hydrogen-bond acceptors (Lipinski definition) is 20. The number of aromatic amines is 4. The molecule has 107 heavy (non-hydrogen) atoms. The van der Waals surface area contributed by atoms with Crippen LogP contribution in [-0.4, -0.2) is 220 Å². The van der Waals surface area contributed by atoms with Crippen LogP contribution in [0.2, 0.25) is 0 Å². The number of carbonyl (C=O) groups is 12. The number of imidazole rings is 3. The fourth-order valence-electron chi connectivity index (χ4n) is 12.6. The van der Waals surface area contributed by atoms with Gasteiger partial charge in [-0.2, -0.15) is 0 Å². The lowest BCUT2D eigenvalue weighted by atomic mass is 10.0. The number of H-pyrrole nitrogens is 4. The third-order valence-corrected chi connectivity index (χ3v) is 20.9. The molecule has 0 unspecified atom stereocenters. The Morgan fingerprint density at radius 3 is 1.49 bits per heavy atom. The highest BCUT2D eigenvalue weighted by Crippen LogP contribution is 2.31. The molecule has 2 bridgehead atoms. The summed E-state index contributed by atoms with van der Waals surface area (Å²) >= 11 is 0. The van der Waals surface area contributed by atoms with Crippen molar-refractivity contribution in [3.05, 3.63) is 127 Å². The second-order valence-corrected chi connectivity index (χ2v) is 28.9. The first-order valence-corrected chi connectivity index (χ1v) is 38.0. The monoisotopic (exact) mass is 1510 g/mol. The van der Waals surface area contributed by atoms with Crippen molar-refractivity contribution in [3.63, 3.8) is 0 Å². The van der Waals surface area contributed by atoms with Crippen LogP contribution in [0.15, 0.2) is 98.4 Å². The van der Waals surface area contributed by atoms with Crippen molar-refractivity contribution in [2.24, 2.45) is 17.2 Å². The van der Waals surface area contributed by atoms with Crippen LogP contribution >= 0.6 is 21.6 Å². The first-order valence-electron chi connectivity index (χ1n) is 35.6. The fraction of sp³-hybridized carbons (Fsp3) is 0.478. The molecule has 2 aromatic carbocycles. The Morgan fingerprint density at radius 2 is 0.963 bits per heavy atom. The maximum atomic E-state index is 15.7. The molecule has 3 saturated heterocycles. The first-order chi connectivity index (χ1) is 51.6. The quantitative estimate of drug-likeness (QED) is 0.0140. The summed E-state index contributed by atoms with van der Waals surface area (Å²) in [4.78, 5) is 207. The molecule has 6 aromatic rings. The number of carbonyl (C=O) groups excluding carboxylic acids is 12. The zero-order valence-electron chi connectivity index (χ0n) is 59.0. The molecule has 12 amide bonds. The maximum Gasteiger partial charge on any atom is 0.257 e. The summed E-state index contributed by atoms with van der Waals surface area (Å²) in [5.41, 5.74) is 20.1. The van der Waals surface area contributed by atoms with Gasteiger partial charge in [-0.3, -0.25) is 62.9 Å².